The van der Waals surface area contributed by atoms with Crippen LogP contribution < -0.4 is 10.5 Å². The fourth-order valence-electron chi connectivity index (χ4n) is 4.15. The molecule has 2 atom stereocenters. The van der Waals surface area contributed by atoms with Gasteiger partial charge >= 0.3 is 11.9 Å². The number of benzene rings is 1. The molecule has 0 saturated heterocycles. The molecule has 0 bridgehead atoms. The van der Waals surface area contributed by atoms with E-state index in [1.807, 2.05) is 12.1 Å². The second-order valence-corrected chi connectivity index (χ2v) is 8.80. The van der Waals surface area contributed by atoms with Crippen molar-refractivity contribution in [3.05, 3.63) is 47.2 Å². The lowest BCUT2D eigenvalue weighted by Gasteiger charge is -2.24. The van der Waals surface area contributed by atoms with Crippen LogP contribution in [0, 0.1) is 0 Å². The quantitative estimate of drug-likeness (QED) is 0.290. The third-order valence-corrected chi connectivity index (χ3v) is 5.75. The van der Waals surface area contributed by atoms with Gasteiger partial charge in [-0.05, 0) is 55.0 Å². The maximum Gasteiger partial charge on any atom is 0.302 e. The van der Waals surface area contributed by atoms with Crippen LogP contribution in [-0.2, 0) is 31.9 Å². The zero-order valence-corrected chi connectivity index (χ0v) is 21.2. The SMILES string of the molecule is CCCCC[C@@H](C[C@@H](CCc1cc(Cc2ccnc(N)c2)c(O)c(OC)c1)OC(C)=O)OC(C)=O. The largest absolute Gasteiger partial charge is 0.504 e. The van der Waals surface area contributed by atoms with Gasteiger partial charge in [-0.2, -0.15) is 0 Å². The van der Waals surface area contributed by atoms with Crippen molar-refractivity contribution in [1.29, 1.82) is 0 Å². The molecular formula is C27H38N2O6. The number of aryl methyl sites for hydroxylation is 1. The third kappa shape index (κ3) is 9.84. The van der Waals surface area contributed by atoms with Crippen molar-refractivity contribution in [2.75, 3.05) is 12.8 Å². The zero-order chi connectivity index (χ0) is 25.8. The number of pyridine rings is 1. The summed E-state index contributed by atoms with van der Waals surface area (Å²) in [5, 5.41) is 10.7. The van der Waals surface area contributed by atoms with Crippen LogP contribution >= 0.6 is 0 Å². The number of hydrogen-bond acceptors (Lipinski definition) is 8. The lowest BCUT2D eigenvalue weighted by Crippen LogP contribution is -2.27. The van der Waals surface area contributed by atoms with Gasteiger partial charge in [0, 0.05) is 38.4 Å². The van der Waals surface area contributed by atoms with Gasteiger partial charge in [0.15, 0.2) is 11.5 Å². The number of phenols is 1. The predicted octanol–water partition coefficient (Wildman–Crippen LogP) is 4.74. The number of unbranched alkanes of at least 4 members (excludes halogenated alkanes) is 2. The van der Waals surface area contributed by atoms with E-state index in [0.717, 1.165) is 36.8 Å². The van der Waals surface area contributed by atoms with Crippen LogP contribution in [0.2, 0.25) is 0 Å². The second-order valence-electron chi connectivity index (χ2n) is 8.80. The molecule has 0 aliphatic rings. The fraction of sp³-hybridized carbons (Fsp3) is 0.519. The highest BCUT2D eigenvalue weighted by molar-refractivity contribution is 5.66. The van der Waals surface area contributed by atoms with Gasteiger partial charge in [0.05, 0.1) is 7.11 Å². The summed E-state index contributed by atoms with van der Waals surface area (Å²) in [5.41, 5.74) is 8.35. The van der Waals surface area contributed by atoms with E-state index in [9.17, 15) is 14.7 Å². The maximum absolute atomic E-state index is 11.8. The molecule has 0 saturated carbocycles. The molecule has 0 fully saturated rings. The summed E-state index contributed by atoms with van der Waals surface area (Å²) < 4.78 is 16.5. The summed E-state index contributed by atoms with van der Waals surface area (Å²) in [4.78, 5) is 27.4. The van der Waals surface area contributed by atoms with Gasteiger partial charge < -0.3 is 25.1 Å². The molecule has 2 rings (SSSR count). The van der Waals surface area contributed by atoms with Crippen molar-refractivity contribution in [3.63, 3.8) is 0 Å². The van der Waals surface area contributed by atoms with Gasteiger partial charge in [0.1, 0.15) is 18.0 Å². The molecule has 0 aliphatic carbocycles. The molecule has 1 heterocycles. The number of ether oxygens (including phenoxy) is 3. The standard InChI is InChI=1S/C27H38N2O6/c1-5-6-7-8-23(34-18(2)30)17-24(35-19(3)31)10-9-20-13-22(27(32)25(15-20)33-4)14-21-11-12-29-26(28)16-21/h11-13,15-16,23-24,32H,5-10,14,17H2,1-4H3,(H2,28,29)/t23-,24+/m0/s1. The molecule has 1 aromatic carbocycles. The van der Waals surface area contributed by atoms with Gasteiger partial charge in [-0.25, -0.2) is 4.98 Å². The third-order valence-electron chi connectivity index (χ3n) is 5.75. The number of nitrogens with zero attached hydrogens (tertiary/aromatic N) is 1. The van der Waals surface area contributed by atoms with Gasteiger partial charge in [-0.15, -0.1) is 0 Å². The Morgan fingerprint density at radius 2 is 1.71 bits per heavy atom. The summed E-state index contributed by atoms with van der Waals surface area (Å²) in [7, 11) is 1.51. The minimum atomic E-state index is -0.401. The molecule has 0 amide bonds. The Balaban J connectivity index is 2.17. The Morgan fingerprint density at radius 3 is 2.31 bits per heavy atom. The molecule has 0 radical (unpaired) electrons. The van der Waals surface area contributed by atoms with Crippen molar-refractivity contribution in [2.45, 2.75) is 84.3 Å². The van der Waals surface area contributed by atoms with Crippen molar-refractivity contribution < 1.29 is 28.9 Å². The number of phenolic OH excluding ortho intramolecular Hbond substituents is 1. The van der Waals surface area contributed by atoms with Gasteiger partial charge in [0.25, 0.3) is 0 Å². The van der Waals surface area contributed by atoms with E-state index >= 15 is 0 Å². The molecule has 35 heavy (non-hydrogen) atoms. The Labute approximate surface area is 207 Å². The van der Waals surface area contributed by atoms with Crippen LogP contribution in [0.4, 0.5) is 5.82 Å². The average Bonchev–Trinajstić information content (AvgIpc) is 2.78. The number of anilines is 1. The van der Waals surface area contributed by atoms with Gasteiger partial charge in [-0.3, -0.25) is 9.59 Å². The lowest BCUT2D eigenvalue weighted by atomic mass is 9.96. The number of nitrogens with two attached hydrogens (primary N) is 1. The molecular weight excluding hydrogens is 448 g/mol. The first-order valence-electron chi connectivity index (χ1n) is 12.1. The fourth-order valence-corrected chi connectivity index (χ4v) is 4.15. The Bertz CT molecular complexity index is 978. The summed E-state index contributed by atoms with van der Waals surface area (Å²) in [5.74, 6) is 0.160. The summed E-state index contributed by atoms with van der Waals surface area (Å²) in [6.45, 7) is 4.90. The van der Waals surface area contributed by atoms with E-state index in [2.05, 4.69) is 11.9 Å². The molecule has 0 spiro atoms. The minimum absolute atomic E-state index is 0.0778. The number of carbonyl (C=O) groups excluding carboxylic acids is 2. The molecule has 192 valence electrons. The van der Waals surface area contributed by atoms with E-state index in [1.54, 1.807) is 18.3 Å². The topological polar surface area (TPSA) is 121 Å². The summed E-state index contributed by atoms with van der Waals surface area (Å²) >= 11 is 0. The van der Waals surface area contributed by atoms with Gasteiger partial charge in [-0.1, -0.05) is 25.8 Å². The molecule has 0 unspecified atom stereocenters. The van der Waals surface area contributed by atoms with Crippen LogP contribution in [0.1, 0.15) is 76.0 Å². The van der Waals surface area contributed by atoms with E-state index in [0.29, 0.717) is 42.8 Å². The first-order valence-corrected chi connectivity index (χ1v) is 12.1. The first kappa shape index (κ1) is 28.0. The van der Waals surface area contributed by atoms with Crippen molar-refractivity contribution in [1.82, 2.24) is 4.98 Å². The van der Waals surface area contributed by atoms with Crippen LogP contribution in [0.5, 0.6) is 11.5 Å². The predicted molar refractivity (Wildman–Crippen MR) is 134 cm³/mol. The number of methoxy groups -OCH3 is 1. The molecule has 3 N–H and O–H groups in total. The molecule has 1 aromatic heterocycles. The van der Waals surface area contributed by atoms with Crippen molar-refractivity contribution >= 4 is 17.8 Å². The van der Waals surface area contributed by atoms with E-state index in [-0.39, 0.29) is 23.8 Å². The van der Waals surface area contributed by atoms with Crippen LogP contribution in [-0.4, -0.2) is 41.3 Å². The van der Waals surface area contributed by atoms with Crippen molar-refractivity contribution in [3.8, 4) is 11.5 Å². The molecule has 2 aromatic rings. The highest BCUT2D eigenvalue weighted by atomic mass is 16.6. The molecule has 0 aliphatic heterocycles. The highest BCUT2D eigenvalue weighted by Gasteiger charge is 2.22. The average molecular weight is 487 g/mol. The Hall–Kier alpha value is -3.29. The molecule has 8 heteroatoms. The second kappa shape index (κ2) is 14.2. The van der Waals surface area contributed by atoms with E-state index < -0.39 is 6.10 Å². The zero-order valence-electron chi connectivity index (χ0n) is 21.2. The monoisotopic (exact) mass is 486 g/mol. The number of rotatable bonds is 14. The Morgan fingerprint density at radius 1 is 1.03 bits per heavy atom. The minimum Gasteiger partial charge on any atom is -0.504 e. The van der Waals surface area contributed by atoms with Crippen LogP contribution in [0.3, 0.4) is 0 Å². The number of nitrogen functional groups attached to an aromatic ring is 1. The van der Waals surface area contributed by atoms with E-state index in [4.69, 9.17) is 19.9 Å². The van der Waals surface area contributed by atoms with Crippen LogP contribution in [0.15, 0.2) is 30.5 Å². The lowest BCUT2D eigenvalue weighted by molar-refractivity contribution is -0.153. The van der Waals surface area contributed by atoms with Gasteiger partial charge in [0.2, 0.25) is 0 Å². The van der Waals surface area contributed by atoms with Crippen molar-refractivity contribution in [2.24, 2.45) is 0 Å². The smallest absolute Gasteiger partial charge is 0.302 e. The summed E-state index contributed by atoms with van der Waals surface area (Å²) in [6, 6.07) is 7.32. The summed E-state index contributed by atoms with van der Waals surface area (Å²) in [6.07, 6.45) is 6.76. The number of aromatic hydroxyl groups is 1. The maximum atomic E-state index is 11.8. The number of esters is 2. The van der Waals surface area contributed by atoms with Crippen LogP contribution in [0.25, 0.3) is 0 Å². The number of aromatic nitrogens is 1. The number of hydrogen-bond donors (Lipinski definition) is 2. The normalized spacial score (nSPS) is 12.6. The first-order chi connectivity index (χ1) is 16.7. The Kier molecular flexibility index (Phi) is 11.3. The number of carbonyl (C=O) groups is 2. The highest BCUT2D eigenvalue weighted by Crippen LogP contribution is 2.34. The molecule has 8 nitrogen and oxygen atoms in total. The van der Waals surface area contributed by atoms with E-state index in [1.165, 1.54) is 21.0 Å².